The molecule has 4 aromatic rings. The summed E-state index contributed by atoms with van der Waals surface area (Å²) in [6.07, 6.45) is 3.75. The van der Waals surface area contributed by atoms with E-state index < -0.39 is 0 Å². The van der Waals surface area contributed by atoms with Crippen molar-refractivity contribution in [3.05, 3.63) is 108 Å². The highest BCUT2D eigenvalue weighted by Crippen LogP contribution is 2.31. The molecule has 0 atom stereocenters. The van der Waals surface area contributed by atoms with Crippen LogP contribution in [0.2, 0.25) is 0 Å². The number of hydrogen-bond donors (Lipinski definition) is 1. The lowest BCUT2D eigenvalue weighted by atomic mass is 10.0. The topological polar surface area (TPSA) is 60.5 Å². The minimum Gasteiger partial charge on any atom is -0.493 e. The number of methoxy groups -OCH3 is 1. The van der Waals surface area contributed by atoms with Crippen LogP contribution in [0.1, 0.15) is 11.1 Å². The summed E-state index contributed by atoms with van der Waals surface area (Å²) in [5, 5.41) is 2.94. The summed E-state index contributed by atoms with van der Waals surface area (Å²) < 4.78 is 11.3. The highest BCUT2D eigenvalue weighted by Gasteiger charge is 2.10. The molecular weight excluding hydrogens is 400 g/mol. The summed E-state index contributed by atoms with van der Waals surface area (Å²) in [6, 6.07) is 27.4. The summed E-state index contributed by atoms with van der Waals surface area (Å²) in [7, 11) is 1.59. The molecule has 0 unspecified atom stereocenters. The van der Waals surface area contributed by atoms with Crippen molar-refractivity contribution in [3.63, 3.8) is 0 Å². The predicted octanol–water partition coefficient (Wildman–Crippen LogP) is 5.52. The van der Waals surface area contributed by atoms with Crippen LogP contribution in [0, 0.1) is 0 Å². The van der Waals surface area contributed by atoms with Gasteiger partial charge in [-0.25, -0.2) is 0 Å². The second-order valence-corrected chi connectivity index (χ2v) is 7.30. The summed E-state index contributed by atoms with van der Waals surface area (Å²) in [6.45, 7) is 0.357. The van der Waals surface area contributed by atoms with E-state index in [1.54, 1.807) is 37.7 Å². The Morgan fingerprint density at radius 3 is 2.34 bits per heavy atom. The normalized spacial score (nSPS) is 10.4. The molecule has 0 spiro atoms. The molecule has 1 heterocycles. The third kappa shape index (κ3) is 5.52. The van der Waals surface area contributed by atoms with Crippen molar-refractivity contribution in [2.45, 2.75) is 13.0 Å². The van der Waals surface area contributed by atoms with Gasteiger partial charge in [-0.2, -0.15) is 0 Å². The minimum absolute atomic E-state index is 0.0964. The number of anilines is 1. The summed E-state index contributed by atoms with van der Waals surface area (Å²) in [5.74, 6) is 1.06. The van der Waals surface area contributed by atoms with Gasteiger partial charge in [-0.15, -0.1) is 0 Å². The van der Waals surface area contributed by atoms with Crippen LogP contribution in [-0.2, 0) is 17.8 Å². The lowest BCUT2D eigenvalue weighted by molar-refractivity contribution is -0.115. The van der Waals surface area contributed by atoms with Crippen molar-refractivity contribution in [1.82, 2.24) is 4.98 Å². The Morgan fingerprint density at radius 2 is 1.62 bits per heavy atom. The first-order valence-electron chi connectivity index (χ1n) is 10.4. The highest BCUT2D eigenvalue weighted by atomic mass is 16.5. The van der Waals surface area contributed by atoms with Crippen LogP contribution in [0.15, 0.2) is 97.3 Å². The van der Waals surface area contributed by atoms with E-state index in [-0.39, 0.29) is 12.3 Å². The zero-order valence-corrected chi connectivity index (χ0v) is 17.8. The van der Waals surface area contributed by atoms with Crippen molar-refractivity contribution in [3.8, 4) is 22.6 Å². The van der Waals surface area contributed by atoms with Crippen LogP contribution < -0.4 is 14.8 Å². The summed E-state index contributed by atoms with van der Waals surface area (Å²) in [5.41, 5.74) is 4.82. The molecule has 32 heavy (non-hydrogen) atoms. The molecule has 0 aliphatic carbocycles. The van der Waals surface area contributed by atoms with Crippen molar-refractivity contribution in [2.24, 2.45) is 0 Å². The van der Waals surface area contributed by atoms with Gasteiger partial charge >= 0.3 is 0 Å². The molecule has 1 N–H and O–H groups in total. The Balaban J connectivity index is 1.39. The van der Waals surface area contributed by atoms with Crippen LogP contribution in [0.5, 0.6) is 11.5 Å². The number of rotatable bonds is 8. The van der Waals surface area contributed by atoms with E-state index in [4.69, 9.17) is 9.47 Å². The molecule has 0 aliphatic rings. The Bertz CT molecular complexity index is 1160. The third-order valence-corrected chi connectivity index (χ3v) is 4.99. The Labute approximate surface area is 187 Å². The van der Waals surface area contributed by atoms with Gasteiger partial charge in [0, 0.05) is 29.7 Å². The molecule has 5 heteroatoms. The second kappa shape index (κ2) is 10.3. The van der Waals surface area contributed by atoms with Gasteiger partial charge in [0.2, 0.25) is 5.91 Å². The zero-order chi connectivity index (χ0) is 22.2. The fourth-order valence-corrected chi connectivity index (χ4v) is 3.35. The Hall–Kier alpha value is -4.12. The van der Waals surface area contributed by atoms with Crippen LogP contribution in [-0.4, -0.2) is 18.0 Å². The first-order chi connectivity index (χ1) is 15.7. The number of nitrogens with zero attached hydrogens (tertiary/aromatic N) is 1. The molecule has 0 fully saturated rings. The number of pyridine rings is 1. The van der Waals surface area contributed by atoms with Gasteiger partial charge in [-0.1, -0.05) is 60.7 Å². The van der Waals surface area contributed by atoms with E-state index in [2.05, 4.69) is 22.4 Å². The molecule has 0 saturated heterocycles. The van der Waals surface area contributed by atoms with E-state index >= 15 is 0 Å². The van der Waals surface area contributed by atoms with E-state index in [1.165, 1.54) is 0 Å². The molecule has 1 amide bonds. The number of carbonyl (C=O) groups is 1. The van der Waals surface area contributed by atoms with Crippen molar-refractivity contribution in [1.29, 1.82) is 0 Å². The molecule has 0 saturated carbocycles. The molecule has 4 rings (SSSR count). The Morgan fingerprint density at radius 1 is 0.844 bits per heavy atom. The fourth-order valence-electron chi connectivity index (χ4n) is 3.35. The average molecular weight is 425 g/mol. The number of carbonyl (C=O) groups excluding carboxylic acids is 1. The number of nitrogens with one attached hydrogen (secondary N) is 1. The fraction of sp³-hybridized carbons (Fsp3) is 0.111. The lowest BCUT2D eigenvalue weighted by Crippen LogP contribution is -2.14. The largest absolute Gasteiger partial charge is 0.493 e. The number of amides is 1. The number of hydrogen-bond acceptors (Lipinski definition) is 4. The van der Waals surface area contributed by atoms with Crippen molar-refractivity contribution < 1.29 is 14.3 Å². The molecule has 0 bridgehead atoms. The van der Waals surface area contributed by atoms with Gasteiger partial charge in [0.05, 0.1) is 13.5 Å². The highest BCUT2D eigenvalue weighted by molar-refractivity contribution is 5.92. The molecule has 0 aliphatic heterocycles. The number of aromatic nitrogens is 1. The van der Waals surface area contributed by atoms with Crippen LogP contribution in [0.25, 0.3) is 11.1 Å². The van der Waals surface area contributed by atoms with Gasteiger partial charge in [0.25, 0.3) is 0 Å². The lowest BCUT2D eigenvalue weighted by Gasteiger charge is -2.13. The van der Waals surface area contributed by atoms with E-state index in [0.717, 1.165) is 22.3 Å². The maximum absolute atomic E-state index is 12.6. The molecule has 0 radical (unpaired) electrons. The zero-order valence-electron chi connectivity index (χ0n) is 17.8. The monoisotopic (exact) mass is 424 g/mol. The standard InChI is InChI=1S/C27H24N2O3/c1-31-25-14-13-24(17-26(25)32-19-21-6-5-15-28-18-21)29-27(30)16-20-9-11-23(12-10-20)22-7-3-2-4-8-22/h2-15,17-18H,16,19H2,1H3,(H,29,30). The minimum atomic E-state index is -0.0964. The van der Waals surface area contributed by atoms with Gasteiger partial charge < -0.3 is 14.8 Å². The molecular formula is C27H24N2O3. The SMILES string of the molecule is COc1ccc(NC(=O)Cc2ccc(-c3ccccc3)cc2)cc1OCc1cccnc1. The maximum Gasteiger partial charge on any atom is 0.228 e. The van der Waals surface area contributed by atoms with Crippen molar-refractivity contribution in [2.75, 3.05) is 12.4 Å². The summed E-state index contributed by atoms with van der Waals surface area (Å²) in [4.78, 5) is 16.7. The van der Waals surface area contributed by atoms with E-state index in [0.29, 0.717) is 23.8 Å². The Kier molecular flexibility index (Phi) is 6.78. The van der Waals surface area contributed by atoms with Gasteiger partial charge in [0.1, 0.15) is 6.61 Å². The molecule has 1 aromatic heterocycles. The van der Waals surface area contributed by atoms with Crippen LogP contribution in [0.3, 0.4) is 0 Å². The summed E-state index contributed by atoms with van der Waals surface area (Å²) >= 11 is 0. The van der Waals surface area contributed by atoms with Gasteiger partial charge in [0.15, 0.2) is 11.5 Å². The quantitative estimate of drug-likeness (QED) is 0.405. The van der Waals surface area contributed by atoms with Crippen molar-refractivity contribution >= 4 is 11.6 Å². The second-order valence-electron chi connectivity index (χ2n) is 7.30. The van der Waals surface area contributed by atoms with Crippen LogP contribution >= 0.6 is 0 Å². The maximum atomic E-state index is 12.6. The molecule has 160 valence electrons. The third-order valence-electron chi connectivity index (χ3n) is 4.99. The van der Waals surface area contributed by atoms with Crippen LogP contribution in [0.4, 0.5) is 5.69 Å². The number of benzene rings is 3. The first kappa shape index (κ1) is 21.1. The number of ether oxygens (including phenoxy) is 2. The van der Waals surface area contributed by atoms with Gasteiger partial charge in [-0.05, 0) is 34.9 Å². The van der Waals surface area contributed by atoms with E-state index in [9.17, 15) is 4.79 Å². The molecule has 3 aromatic carbocycles. The average Bonchev–Trinajstić information content (AvgIpc) is 2.84. The first-order valence-corrected chi connectivity index (χ1v) is 10.4. The predicted molar refractivity (Wildman–Crippen MR) is 126 cm³/mol. The molecule has 5 nitrogen and oxygen atoms in total. The van der Waals surface area contributed by atoms with Gasteiger partial charge in [-0.3, -0.25) is 9.78 Å². The smallest absolute Gasteiger partial charge is 0.228 e. The van der Waals surface area contributed by atoms with E-state index in [1.807, 2.05) is 54.6 Å².